The number of rotatable bonds is 7. The van der Waals surface area contributed by atoms with Crippen LogP contribution in [-0.4, -0.2) is 35.9 Å². The average Bonchev–Trinajstić information content (AvgIpc) is 2.79. The fourth-order valence-electron chi connectivity index (χ4n) is 3.09. The van der Waals surface area contributed by atoms with Crippen LogP contribution in [0.4, 0.5) is 11.4 Å². The predicted octanol–water partition coefficient (Wildman–Crippen LogP) is 3.95. The second-order valence-electron chi connectivity index (χ2n) is 7.04. The first-order valence-electron chi connectivity index (χ1n) is 9.65. The molecule has 0 bridgehead atoms. The lowest BCUT2D eigenvalue weighted by Gasteiger charge is -2.24. The van der Waals surface area contributed by atoms with E-state index in [0.717, 1.165) is 5.56 Å². The maximum Gasteiger partial charge on any atom is 0.243 e. The smallest absolute Gasteiger partial charge is 0.243 e. The summed E-state index contributed by atoms with van der Waals surface area (Å²) in [5, 5.41) is 2.82. The minimum Gasteiger partial charge on any atom is -0.497 e. The van der Waals surface area contributed by atoms with Crippen LogP contribution in [0.5, 0.6) is 5.75 Å². The van der Waals surface area contributed by atoms with Gasteiger partial charge in [0.1, 0.15) is 11.7 Å². The standard InChI is InChI=1S/C24H24N4O3/c1-16(2)22(24(30)28(3)19-8-10-20(31-4)11-9-19)23(29)27-18-7-5-6-17(14-18)21-15-25-12-13-26-21/h5-15,22H,1H2,2-4H3,(H,27,29). The van der Waals surface area contributed by atoms with Gasteiger partial charge in [0.15, 0.2) is 0 Å². The monoisotopic (exact) mass is 416 g/mol. The van der Waals surface area contributed by atoms with Crippen LogP contribution in [0.1, 0.15) is 6.92 Å². The molecule has 0 aliphatic rings. The second-order valence-corrected chi connectivity index (χ2v) is 7.04. The van der Waals surface area contributed by atoms with Gasteiger partial charge >= 0.3 is 0 Å². The number of hydrogen-bond donors (Lipinski definition) is 1. The molecule has 3 rings (SSSR count). The van der Waals surface area contributed by atoms with Crippen LogP contribution in [0, 0.1) is 5.92 Å². The SMILES string of the molecule is C=C(C)C(C(=O)Nc1cccc(-c2cnccn2)c1)C(=O)N(C)c1ccc(OC)cc1. The van der Waals surface area contributed by atoms with Crippen molar-refractivity contribution < 1.29 is 14.3 Å². The van der Waals surface area contributed by atoms with Crippen LogP contribution in [0.15, 0.2) is 79.3 Å². The van der Waals surface area contributed by atoms with Crippen LogP contribution in [0.3, 0.4) is 0 Å². The number of carbonyl (C=O) groups is 2. The molecule has 1 aromatic heterocycles. The summed E-state index contributed by atoms with van der Waals surface area (Å²) in [6.07, 6.45) is 4.84. The molecular weight excluding hydrogens is 392 g/mol. The van der Waals surface area contributed by atoms with Gasteiger partial charge in [-0.05, 0) is 43.3 Å². The topological polar surface area (TPSA) is 84.4 Å². The van der Waals surface area contributed by atoms with E-state index in [1.54, 1.807) is 82.1 Å². The zero-order valence-corrected chi connectivity index (χ0v) is 17.7. The largest absolute Gasteiger partial charge is 0.497 e. The zero-order valence-electron chi connectivity index (χ0n) is 17.7. The van der Waals surface area contributed by atoms with Gasteiger partial charge in [-0.2, -0.15) is 0 Å². The van der Waals surface area contributed by atoms with Gasteiger partial charge in [0.2, 0.25) is 11.8 Å². The van der Waals surface area contributed by atoms with Crippen molar-refractivity contribution in [2.75, 3.05) is 24.4 Å². The van der Waals surface area contributed by atoms with Crippen LogP contribution in [-0.2, 0) is 9.59 Å². The van der Waals surface area contributed by atoms with Crippen LogP contribution in [0.25, 0.3) is 11.3 Å². The summed E-state index contributed by atoms with van der Waals surface area (Å²) in [5.41, 5.74) is 3.14. The molecule has 158 valence electrons. The number of anilines is 2. The molecule has 1 unspecified atom stereocenters. The fourth-order valence-corrected chi connectivity index (χ4v) is 3.09. The minimum atomic E-state index is -1.03. The molecule has 3 aromatic rings. The molecule has 1 N–H and O–H groups in total. The van der Waals surface area contributed by atoms with Crippen LogP contribution in [0.2, 0.25) is 0 Å². The van der Waals surface area contributed by atoms with Crippen molar-refractivity contribution in [3.63, 3.8) is 0 Å². The highest BCUT2D eigenvalue weighted by atomic mass is 16.5. The quantitative estimate of drug-likeness (QED) is 0.466. The van der Waals surface area contributed by atoms with Crippen molar-refractivity contribution >= 4 is 23.2 Å². The van der Waals surface area contributed by atoms with E-state index in [-0.39, 0.29) is 5.91 Å². The van der Waals surface area contributed by atoms with Gasteiger partial charge in [-0.3, -0.25) is 19.6 Å². The van der Waals surface area contributed by atoms with E-state index in [1.165, 1.54) is 4.90 Å². The molecule has 0 aliphatic heterocycles. The summed E-state index contributed by atoms with van der Waals surface area (Å²) in [6, 6.07) is 14.3. The van der Waals surface area contributed by atoms with Crippen LogP contribution < -0.4 is 15.0 Å². The Balaban J connectivity index is 1.79. The Labute approximate surface area is 181 Å². The molecule has 0 radical (unpaired) electrons. The fraction of sp³-hybridized carbons (Fsp3) is 0.167. The maximum atomic E-state index is 13.1. The number of methoxy groups -OCH3 is 1. The molecule has 2 amide bonds. The molecule has 0 saturated carbocycles. The third-order valence-electron chi connectivity index (χ3n) is 4.78. The van der Waals surface area contributed by atoms with Gasteiger partial charge in [-0.25, -0.2) is 0 Å². The van der Waals surface area contributed by atoms with Crippen molar-refractivity contribution in [3.05, 3.63) is 79.3 Å². The summed E-state index contributed by atoms with van der Waals surface area (Å²) in [5.74, 6) is -1.18. The van der Waals surface area contributed by atoms with E-state index < -0.39 is 11.8 Å². The lowest BCUT2D eigenvalue weighted by atomic mass is 9.98. The number of nitrogens with zero attached hydrogens (tertiary/aromatic N) is 3. The van der Waals surface area contributed by atoms with E-state index in [9.17, 15) is 9.59 Å². The van der Waals surface area contributed by atoms with Crippen LogP contribution >= 0.6 is 0 Å². The highest BCUT2D eigenvalue weighted by molar-refractivity contribution is 6.13. The second kappa shape index (κ2) is 9.67. The molecule has 7 heteroatoms. The molecule has 7 nitrogen and oxygen atoms in total. The first kappa shape index (κ1) is 21.7. The normalized spacial score (nSPS) is 11.3. The van der Waals surface area contributed by atoms with Gasteiger partial charge in [-0.15, -0.1) is 0 Å². The molecule has 0 spiro atoms. The van der Waals surface area contributed by atoms with Gasteiger partial charge < -0.3 is 15.0 Å². The number of nitrogens with one attached hydrogen (secondary N) is 1. The lowest BCUT2D eigenvalue weighted by Crippen LogP contribution is -2.40. The first-order valence-corrected chi connectivity index (χ1v) is 9.65. The number of carbonyl (C=O) groups excluding carboxylic acids is 2. The molecule has 1 atom stereocenters. The molecular formula is C24H24N4O3. The Hall–Kier alpha value is -4.00. The van der Waals surface area contributed by atoms with Crippen molar-refractivity contribution in [1.29, 1.82) is 0 Å². The summed E-state index contributed by atoms with van der Waals surface area (Å²) in [7, 11) is 3.20. The third-order valence-corrected chi connectivity index (χ3v) is 4.78. The number of hydrogen-bond acceptors (Lipinski definition) is 5. The molecule has 31 heavy (non-hydrogen) atoms. The zero-order chi connectivity index (χ0) is 22.4. The third kappa shape index (κ3) is 5.14. The lowest BCUT2D eigenvalue weighted by molar-refractivity contribution is -0.129. The summed E-state index contributed by atoms with van der Waals surface area (Å²) < 4.78 is 5.15. The van der Waals surface area contributed by atoms with Crippen molar-refractivity contribution in [3.8, 4) is 17.0 Å². The minimum absolute atomic E-state index is 0.375. The number of aromatic nitrogens is 2. The number of amides is 2. The van der Waals surface area contributed by atoms with E-state index in [1.807, 2.05) is 6.07 Å². The highest BCUT2D eigenvalue weighted by Crippen LogP contribution is 2.24. The van der Waals surface area contributed by atoms with Crippen molar-refractivity contribution in [2.45, 2.75) is 6.92 Å². The van der Waals surface area contributed by atoms with Crippen molar-refractivity contribution in [2.24, 2.45) is 5.92 Å². The van der Waals surface area contributed by atoms with E-state index >= 15 is 0 Å². The highest BCUT2D eigenvalue weighted by Gasteiger charge is 2.30. The van der Waals surface area contributed by atoms with Gasteiger partial charge in [0.25, 0.3) is 0 Å². The molecule has 0 fully saturated rings. The Morgan fingerprint density at radius 1 is 1.13 bits per heavy atom. The Kier molecular flexibility index (Phi) is 6.77. The van der Waals surface area contributed by atoms with E-state index in [0.29, 0.717) is 28.4 Å². The average molecular weight is 416 g/mol. The Morgan fingerprint density at radius 2 is 1.87 bits per heavy atom. The van der Waals surface area contributed by atoms with E-state index in [2.05, 4.69) is 21.9 Å². The molecule has 1 heterocycles. The Morgan fingerprint density at radius 3 is 2.48 bits per heavy atom. The molecule has 0 aliphatic carbocycles. The molecule has 2 aromatic carbocycles. The Bertz CT molecular complexity index is 1080. The summed E-state index contributed by atoms with van der Waals surface area (Å²) in [4.78, 5) is 35.9. The maximum absolute atomic E-state index is 13.1. The summed E-state index contributed by atoms with van der Waals surface area (Å²) >= 11 is 0. The summed E-state index contributed by atoms with van der Waals surface area (Å²) in [6.45, 7) is 5.53. The number of ether oxygens (including phenoxy) is 1. The van der Waals surface area contributed by atoms with Gasteiger partial charge in [-0.1, -0.05) is 24.3 Å². The number of benzene rings is 2. The van der Waals surface area contributed by atoms with Gasteiger partial charge in [0, 0.05) is 36.4 Å². The first-order chi connectivity index (χ1) is 14.9. The van der Waals surface area contributed by atoms with Gasteiger partial charge in [0.05, 0.1) is 19.0 Å². The van der Waals surface area contributed by atoms with Crippen molar-refractivity contribution in [1.82, 2.24) is 9.97 Å². The molecule has 0 saturated heterocycles. The predicted molar refractivity (Wildman–Crippen MR) is 121 cm³/mol. The van der Waals surface area contributed by atoms with E-state index in [4.69, 9.17) is 4.74 Å².